The molecular formula is C26H26N4O4. The molecule has 0 atom stereocenters. The van der Waals surface area contributed by atoms with Gasteiger partial charge in [0, 0.05) is 28.9 Å². The molecule has 4 aromatic rings. The predicted octanol–water partition coefficient (Wildman–Crippen LogP) is 4.79. The number of anilines is 2. The van der Waals surface area contributed by atoms with Gasteiger partial charge in [-0.3, -0.25) is 9.59 Å². The highest BCUT2D eigenvalue weighted by atomic mass is 16.5. The van der Waals surface area contributed by atoms with Gasteiger partial charge in [0.15, 0.2) is 0 Å². The number of nitrogens with zero attached hydrogens (tertiary/aromatic N) is 1. The van der Waals surface area contributed by atoms with Gasteiger partial charge in [0.05, 0.1) is 24.2 Å². The average Bonchev–Trinajstić information content (AvgIpc) is 3.26. The van der Waals surface area contributed by atoms with Crippen LogP contribution in [0.4, 0.5) is 11.4 Å². The number of esters is 1. The molecule has 8 nitrogen and oxygen atoms in total. The molecule has 0 saturated carbocycles. The van der Waals surface area contributed by atoms with E-state index in [0.29, 0.717) is 48.8 Å². The zero-order valence-electron chi connectivity index (χ0n) is 18.8. The molecule has 1 heterocycles. The third kappa shape index (κ3) is 5.72. The number of carbonyl (C=O) groups is 2. The smallest absolute Gasteiger partial charge is 0.305 e. The van der Waals surface area contributed by atoms with Crippen molar-refractivity contribution in [1.29, 1.82) is 0 Å². The Labute approximate surface area is 197 Å². The molecule has 3 aromatic carbocycles. The number of ether oxygens (including phenoxy) is 2. The number of nitrogen functional groups attached to an aromatic ring is 1. The lowest BCUT2D eigenvalue weighted by molar-refractivity contribution is -0.143. The minimum Gasteiger partial charge on any atom is -0.494 e. The lowest BCUT2D eigenvalue weighted by atomic mass is 10.2. The maximum atomic E-state index is 12.5. The van der Waals surface area contributed by atoms with Crippen molar-refractivity contribution >= 4 is 34.3 Å². The number of aromatic nitrogens is 2. The van der Waals surface area contributed by atoms with Gasteiger partial charge in [-0.25, -0.2) is 4.98 Å². The van der Waals surface area contributed by atoms with E-state index in [2.05, 4.69) is 15.3 Å². The second kappa shape index (κ2) is 10.5. The van der Waals surface area contributed by atoms with Crippen LogP contribution in [-0.4, -0.2) is 35.1 Å². The van der Waals surface area contributed by atoms with Gasteiger partial charge in [0.2, 0.25) is 0 Å². The highest BCUT2D eigenvalue weighted by Gasteiger charge is 2.10. The number of H-pyrrole nitrogens is 1. The van der Waals surface area contributed by atoms with E-state index in [-0.39, 0.29) is 11.9 Å². The van der Waals surface area contributed by atoms with Crippen molar-refractivity contribution in [1.82, 2.24) is 9.97 Å². The monoisotopic (exact) mass is 458 g/mol. The Morgan fingerprint density at radius 1 is 1.03 bits per heavy atom. The van der Waals surface area contributed by atoms with Gasteiger partial charge in [0.25, 0.3) is 5.91 Å². The van der Waals surface area contributed by atoms with Gasteiger partial charge in [-0.15, -0.1) is 0 Å². The molecule has 0 fully saturated rings. The third-order valence-corrected chi connectivity index (χ3v) is 5.14. The maximum absolute atomic E-state index is 12.5. The SMILES string of the molecule is CCOC(=O)CCCOc1ccc(-c2nc3ccc(NC(=O)c4ccc(N)cc4)cc3[nH]2)cc1. The first-order valence-electron chi connectivity index (χ1n) is 11.1. The van der Waals surface area contributed by atoms with E-state index in [9.17, 15) is 9.59 Å². The highest BCUT2D eigenvalue weighted by Crippen LogP contribution is 2.25. The van der Waals surface area contributed by atoms with Gasteiger partial charge in [0.1, 0.15) is 11.6 Å². The maximum Gasteiger partial charge on any atom is 0.305 e. The molecule has 0 aliphatic carbocycles. The molecule has 0 aliphatic heterocycles. The van der Waals surface area contributed by atoms with E-state index in [1.54, 1.807) is 31.2 Å². The minimum atomic E-state index is -0.211. The van der Waals surface area contributed by atoms with E-state index >= 15 is 0 Å². The Morgan fingerprint density at radius 2 is 1.79 bits per heavy atom. The van der Waals surface area contributed by atoms with Crippen molar-refractivity contribution in [2.75, 3.05) is 24.3 Å². The van der Waals surface area contributed by atoms with Gasteiger partial charge in [-0.1, -0.05) is 0 Å². The molecule has 0 aliphatic rings. The number of amides is 1. The Kier molecular flexibility index (Phi) is 7.07. The first-order valence-corrected chi connectivity index (χ1v) is 11.1. The topological polar surface area (TPSA) is 119 Å². The molecule has 0 unspecified atom stereocenters. The van der Waals surface area contributed by atoms with Crippen molar-refractivity contribution in [3.05, 3.63) is 72.3 Å². The summed E-state index contributed by atoms with van der Waals surface area (Å²) in [5, 5.41) is 2.89. The zero-order valence-corrected chi connectivity index (χ0v) is 18.8. The number of nitrogens with two attached hydrogens (primary N) is 1. The summed E-state index contributed by atoms with van der Waals surface area (Å²) in [6.07, 6.45) is 0.939. The van der Waals surface area contributed by atoms with Crippen LogP contribution in [-0.2, 0) is 9.53 Å². The van der Waals surface area contributed by atoms with Gasteiger partial charge >= 0.3 is 5.97 Å². The molecular weight excluding hydrogens is 432 g/mol. The highest BCUT2D eigenvalue weighted by molar-refractivity contribution is 6.05. The Balaban J connectivity index is 1.38. The first-order chi connectivity index (χ1) is 16.5. The molecule has 4 N–H and O–H groups in total. The average molecular weight is 459 g/mol. The number of fused-ring (bicyclic) bond motifs is 1. The van der Waals surface area contributed by atoms with Crippen LogP contribution in [0.1, 0.15) is 30.1 Å². The molecule has 0 spiro atoms. The molecule has 1 amide bonds. The summed E-state index contributed by atoms with van der Waals surface area (Å²) in [7, 11) is 0. The normalized spacial score (nSPS) is 10.7. The summed E-state index contributed by atoms with van der Waals surface area (Å²) in [4.78, 5) is 31.8. The number of hydrogen-bond donors (Lipinski definition) is 3. The van der Waals surface area contributed by atoms with Crippen LogP contribution in [0.3, 0.4) is 0 Å². The molecule has 0 radical (unpaired) electrons. The summed E-state index contributed by atoms with van der Waals surface area (Å²) in [5.74, 6) is 1.01. The van der Waals surface area contributed by atoms with Crippen molar-refractivity contribution in [2.24, 2.45) is 0 Å². The van der Waals surface area contributed by atoms with Crippen LogP contribution in [0.2, 0.25) is 0 Å². The van der Waals surface area contributed by atoms with Crippen molar-refractivity contribution in [3.63, 3.8) is 0 Å². The van der Waals surface area contributed by atoms with E-state index in [0.717, 1.165) is 22.3 Å². The van der Waals surface area contributed by atoms with Crippen LogP contribution in [0.5, 0.6) is 5.75 Å². The molecule has 0 bridgehead atoms. The Hall–Kier alpha value is -4.33. The van der Waals surface area contributed by atoms with E-state index in [1.165, 1.54) is 0 Å². The molecule has 34 heavy (non-hydrogen) atoms. The zero-order chi connectivity index (χ0) is 23.9. The molecule has 4 rings (SSSR count). The predicted molar refractivity (Wildman–Crippen MR) is 132 cm³/mol. The Bertz CT molecular complexity index is 1280. The summed E-state index contributed by atoms with van der Waals surface area (Å²) in [6, 6.07) is 19.8. The summed E-state index contributed by atoms with van der Waals surface area (Å²) < 4.78 is 10.6. The summed E-state index contributed by atoms with van der Waals surface area (Å²) in [5.41, 5.74) is 9.99. The van der Waals surface area contributed by atoms with Crippen molar-refractivity contribution in [3.8, 4) is 17.1 Å². The van der Waals surface area contributed by atoms with E-state index in [4.69, 9.17) is 15.2 Å². The summed E-state index contributed by atoms with van der Waals surface area (Å²) in [6.45, 7) is 2.62. The summed E-state index contributed by atoms with van der Waals surface area (Å²) >= 11 is 0. The van der Waals surface area contributed by atoms with Crippen molar-refractivity contribution in [2.45, 2.75) is 19.8 Å². The van der Waals surface area contributed by atoms with E-state index < -0.39 is 0 Å². The standard InChI is InChI=1S/C26H26N4O4/c1-2-33-24(31)4-3-15-34-21-12-7-17(8-13-21)25-29-22-14-11-20(16-23(22)30-25)28-26(32)18-5-9-19(27)10-6-18/h5-14,16H,2-4,15,27H2,1H3,(H,28,32)(H,29,30). The van der Waals surface area contributed by atoms with Gasteiger partial charge in [-0.05, 0) is 80.1 Å². The lowest BCUT2D eigenvalue weighted by Gasteiger charge is -2.06. The molecule has 8 heteroatoms. The van der Waals surface area contributed by atoms with E-state index in [1.807, 2.05) is 42.5 Å². The minimum absolute atomic E-state index is 0.209. The quantitative estimate of drug-likeness (QED) is 0.189. The van der Waals surface area contributed by atoms with Gasteiger partial charge in [-0.2, -0.15) is 0 Å². The Morgan fingerprint density at radius 3 is 2.53 bits per heavy atom. The third-order valence-electron chi connectivity index (χ3n) is 5.14. The number of carbonyl (C=O) groups excluding carboxylic acids is 2. The fourth-order valence-electron chi connectivity index (χ4n) is 3.41. The molecule has 1 aromatic heterocycles. The lowest BCUT2D eigenvalue weighted by Crippen LogP contribution is -2.11. The van der Waals surface area contributed by atoms with Crippen LogP contribution in [0.15, 0.2) is 66.7 Å². The number of nitrogens with one attached hydrogen (secondary N) is 2. The molecule has 0 saturated heterocycles. The van der Waals surface area contributed by atoms with Crippen LogP contribution < -0.4 is 15.8 Å². The van der Waals surface area contributed by atoms with Crippen LogP contribution >= 0.6 is 0 Å². The van der Waals surface area contributed by atoms with Crippen molar-refractivity contribution < 1.29 is 19.1 Å². The number of benzene rings is 3. The first kappa shape index (κ1) is 22.8. The fourth-order valence-corrected chi connectivity index (χ4v) is 3.41. The van der Waals surface area contributed by atoms with Gasteiger partial charge < -0.3 is 25.5 Å². The largest absolute Gasteiger partial charge is 0.494 e. The number of rotatable bonds is 9. The van der Waals surface area contributed by atoms with Crippen LogP contribution in [0.25, 0.3) is 22.4 Å². The number of hydrogen-bond acceptors (Lipinski definition) is 6. The number of imidazole rings is 1. The fraction of sp³-hybridized carbons (Fsp3) is 0.192. The second-order valence-corrected chi connectivity index (χ2v) is 7.67. The number of aromatic amines is 1. The second-order valence-electron chi connectivity index (χ2n) is 7.67. The molecule has 174 valence electrons. The van der Waals surface area contributed by atoms with Crippen LogP contribution in [0, 0.1) is 0 Å².